The van der Waals surface area contributed by atoms with Crippen LogP contribution in [0.3, 0.4) is 0 Å². The highest BCUT2D eigenvalue weighted by Gasteiger charge is 2.57. The zero-order valence-corrected chi connectivity index (χ0v) is 38.4. The van der Waals surface area contributed by atoms with E-state index in [9.17, 15) is 0 Å². The molecular formula is C52H37BF2I2N4O. The Morgan fingerprint density at radius 1 is 0.694 bits per heavy atom. The van der Waals surface area contributed by atoms with E-state index in [1.807, 2.05) is 98.8 Å². The van der Waals surface area contributed by atoms with E-state index >= 15 is 8.63 Å². The zero-order chi connectivity index (χ0) is 43.0. The Bertz CT molecular complexity index is 3490. The summed E-state index contributed by atoms with van der Waals surface area (Å²) in [6.07, 6.45) is 19.1. The third-order valence-electron chi connectivity index (χ3n) is 12.3. The minimum Gasteiger partial charge on any atom is -0.497 e. The van der Waals surface area contributed by atoms with Gasteiger partial charge >= 0.3 is 6.97 Å². The second kappa shape index (κ2) is 15.4. The third kappa shape index (κ3) is 6.05. The number of para-hydroxylation sites is 2. The van der Waals surface area contributed by atoms with Gasteiger partial charge in [-0.3, -0.25) is 0 Å². The van der Waals surface area contributed by atoms with Crippen molar-refractivity contribution in [2.24, 2.45) is 0 Å². The van der Waals surface area contributed by atoms with Crippen LogP contribution in [-0.4, -0.2) is 37.9 Å². The number of hydrogen-bond donors (Lipinski definition) is 0. The van der Waals surface area contributed by atoms with Gasteiger partial charge in [0.2, 0.25) is 0 Å². The molecule has 3 aromatic heterocycles. The van der Waals surface area contributed by atoms with E-state index in [0.717, 1.165) is 84.2 Å². The lowest BCUT2D eigenvalue weighted by atomic mass is 9.83. The number of nitrogens with zero attached hydrogens (tertiary/aromatic N) is 4. The number of allylic oxidation sites excluding steroid dienone is 3. The lowest BCUT2D eigenvalue weighted by Gasteiger charge is -2.34. The first-order chi connectivity index (χ1) is 30.1. The molecule has 8 aromatic rings. The van der Waals surface area contributed by atoms with Crippen LogP contribution in [0.25, 0.3) is 67.4 Å². The van der Waals surface area contributed by atoms with Crippen molar-refractivity contribution in [2.45, 2.75) is 26.9 Å². The number of halogens is 4. The molecule has 2 aliphatic rings. The molecule has 5 heterocycles. The number of fused-ring (bicyclic) bond motifs is 8. The fourth-order valence-electron chi connectivity index (χ4n) is 9.46. The van der Waals surface area contributed by atoms with Crippen molar-refractivity contribution in [3.8, 4) is 30.4 Å². The van der Waals surface area contributed by atoms with Gasteiger partial charge in [0.15, 0.2) is 11.4 Å². The van der Waals surface area contributed by atoms with Gasteiger partial charge < -0.3 is 31.5 Å². The molecule has 10 rings (SSSR count). The van der Waals surface area contributed by atoms with Crippen LogP contribution in [0.15, 0.2) is 130 Å². The largest absolute Gasteiger partial charge is 0.737 e. The Balaban J connectivity index is 1.15. The highest BCUT2D eigenvalue weighted by molar-refractivity contribution is 14.1. The molecule has 0 fully saturated rings. The summed E-state index contributed by atoms with van der Waals surface area (Å²) >= 11 is 4.48. The summed E-state index contributed by atoms with van der Waals surface area (Å²) in [6, 6.07) is 36.5. The normalized spacial score (nSPS) is 14.9. The van der Waals surface area contributed by atoms with Gasteiger partial charge in [0.25, 0.3) is 0 Å². The SMILES string of the molecule is C#CCn1c2ccccc2c2cc(/C=C/C3=[N+]4C(=C(c5ccc(OC)cc5)c5c(C)c(I)c(/C=C/c6ccc7c(c6)c6ccccc6n7CC#C)n5[B-]4(F)F)C(C)=C3I)ccc21. The van der Waals surface area contributed by atoms with Gasteiger partial charge in [-0.25, -0.2) is 0 Å². The maximum atomic E-state index is 18.1. The molecule has 0 spiro atoms. The summed E-state index contributed by atoms with van der Waals surface area (Å²) in [5.74, 6) is 6.26. The van der Waals surface area contributed by atoms with E-state index in [1.54, 1.807) is 7.11 Å². The minimum atomic E-state index is -4.42. The van der Waals surface area contributed by atoms with Gasteiger partial charge in [-0.05, 0) is 142 Å². The second-order valence-electron chi connectivity index (χ2n) is 15.6. The van der Waals surface area contributed by atoms with E-state index in [2.05, 4.69) is 115 Å². The number of aromatic nitrogens is 3. The van der Waals surface area contributed by atoms with Gasteiger partial charge in [-0.15, -0.1) is 12.8 Å². The van der Waals surface area contributed by atoms with Crippen LogP contribution in [0.1, 0.15) is 40.6 Å². The topological polar surface area (TPSA) is 27.0 Å². The number of benzene rings is 5. The molecule has 0 saturated carbocycles. The molecule has 62 heavy (non-hydrogen) atoms. The molecule has 2 aliphatic heterocycles. The first-order valence-corrected chi connectivity index (χ1v) is 22.3. The quantitative estimate of drug-likeness (QED) is 0.0846. The van der Waals surface area contributed by atoms with Gasteiger partial charge in [-0.1, -0.05) is 78.6 Å². The lowest BCUT2D eigenvalue weighted by molar-refractivity contribution is -0.362. The fraction of sp³-hybridized carbons (Fsp3) is 0.0962. The van der Waals surface area contributed by atoms with E-state index in [1.165, 1.54) is 8.96 Å². The fourth-order valence-corrected chi connectivity index (χ4v) is 10.8. The third-order valence-corrected chi connectivity index (χ3v) is 15.0. The summed E-state index contributed by atoms with van der Waals surface area (Å²) in [4.78, 5) is 0. The highest BCUT2D eigenvalue weighted by atomic mass is 127. The average molecular weight is 1040 g/mol. The van der Waals surface area contributed by atoms with Gasteiger partial charge in [-0.2, -0.15) is 0 Å². The summed E-state index contributed by atoms with van der Waals surface area (Å²) in [6.45, 7) is 0.366. The van der Waals surface area contributed by atoms with E-state index < -0.39 is 6.97 Å². The molecule has 5 nitrogen and oxygen atoms in total. The second-order valence-corrected chi connectivity index (χ2v) is 17.8. The Labute approximate surface area is 385 Å². The first-order valence-electron chi connectivity index (χ1n) is 20.2. The Morgan fingerprint density at radius 3 is 1.77 bits per heavy atom. The number of rotatable bonds is 8. The monoisotopic (exact) mass is 1040 g/mol. The number of hydrogen-bond acceptors (Lipinski definition) is 1. The van der Waals surface area contributed by atoms with Crippen LogP contribution in [-0.2, 0) is 13.1 Å². The molecule has 302 valence electrons. The van der Waals surface area contributed by atoms with Crippen molar-refractivity contribution >= 4 is 125 Å². The van der Waals surface area contributed by atoms with Crippen LogP contribution < -0.4 is 4.74 Å². The molecule has 0 atom stereocenters. The summed E-state index contributed by atoms with van der Waals surface area (Å²) in [7, 11) is 1.62. The maximum Gasteiger partial charge on any atom is 0.737 e. The van der Waals surface area contributed by atoms with Crippen LogP contribution in [0.2, 0.25) is 0 Å². The number of ether oxygens (including phenoxy) is 1. The van der Waals surface area contributed by atoms with Crippen LogP contribution in [0.4, 0.5) is 8.63 Å². The van der Waals surface area contributed by atoms with E-state index in [-0.39, 0.29) is 0 Å². The van der Waals surface area contributed by atoms with Crippen LogP contribution in [0, 0.1) is 35.2 Å². The molecule has 0 saturated heterocycles. The van der Waals surface area contributed by atoms with Crippen molar-refractivity contribution in [3.05, 3.63) is 167 Å². The zero-order valence-electron chi connectivity index (χ0n) is 34.1. The molecule has 0 N–H and O–H groups in total. The predicted molar refractivity (Wildman–Crippen MR) is 271 cm³/mol. The van der Waals surface area contributed by atoms with E-state index in [4.69, 9.17) is 17.6 Å². The molecule has 0 radical (unpaired) electrons. The molecule has 0 unspecified atom stereocenters. The first kappa shape index (κ1) is 40.0. The standard InChI is InChI=1S/C52H37BF2I2N4O/c1-6-28-58-42-14-10-8-12-38(42)40-30-34(16-24-44(40)58)18-26-46-49(56)32(3)51-48(36-20-22-37(62-5)23-21-36)52-33(4)50(57)47(61(52)53(54,55)60(46)51)27-19-35-17-25-45-41(31-35)39-13-9-11-15-43(39)59(45)29-7-2/h1-2,8-27,30-31H,28-29H2,3-5H3/b26-18+,27-19+. The molecule has 5 aromatic carbocycles. The summed E-state index contributed by atoms with van der Waals surface area (Å²) < 4.78 is 50.1. The van der Waals surface area contributed by atoms with Crippen molar-refractivity contribution in [2.75, 3.05) is 7.11 Å². The van der Waals surface area contributed by atoms with Crippen molar-refractivity contribution in [1.29, 1.82) is 0 Å². The molecule has 0 amide bonds. The van der Waals surface area contributed by atoms with Gasteiger partial charge in [0, 0.05) is 59.2 Å². The van der Waals surface area contributed by atoms with Crippen LogP contribution >= 0.6 is 45.2 Å². The summed E-state index contributed by atoms with van der Waals surface area (Å²) in [5.41, 5.74) is 11.0. The number of methoxy groups -OCH3 is 1. The highest BCUT2D eigenvalue weighted by Crippen LogP contribution is 2.48. The Morgan fingerprint density at radius 2 is 1.23 bits per heavy atom. The van der Waals surface area contributed by atoms with Crippen LogP contribution in [0.5, 0.6) is 5.75 Å². The van der Waals surface area contributed by atoms with Gasteiger partial charge in [0.1, 0.15) is 5.75 Å². The van der Waals surface area contributed by atoms with Gasteiger partial charge in [0.05, 0.1) is 40.4 Å². The maximum absolute atomic E-state index is 18.1. The Kier molecular flexibility index (Phi) is 9.92. The Hall–Kier alpha value is -6.09. The molecular weight excluding hydrogens is 999 g/mol. The molecule has 10 heteroatoms. The lowest BCUT2D eigenvalue weighted by Crippen LogP contribution is -2.51. The van der Waals surface area contributed by atoms with Crippen molar-refractivity contribution in [3.63, 3.8) is 0 Å². The van der Waals surface area contributed by atoms with Crippen molar-refractivity contribution < 1.29 is 17.9 Å². The molecule has 0 aliphatic carbocycles. The number of terminal acetylenes is 2. The summed E-state index contributed by atoms with van der Waals surface area (Å²) in [5, 5.41) is 4.30. The minimum absolute atomic E-state index is 0.444. The van der Waals surface area contributed by atoms with Crippen molar-refractivity contribution in [1.82, 2.24) is 13.6 Å². The smallest absolute Gasteiger partial charge is 0.497 e. The average Bonchev–Trinajstić information content (AvgIpc) is 3.95. The molecule has 0 bridgehead atoms. The predicted octanol–water partition coefficient (Wildman–Crippen LogP) is 12.9. The van der Waals surface area contributed by atoms with E-state index in [0.29, 0.717) is 41.6 Å².